The Morgan fingerprint density at radius 2 is 1.59 bits per heavy atom. The number of hydrogen-bond acceptors (Lipinski definition) is 6. The van der Waals surface area contributed by atoms with Crippen LogP contribution in [0.2, 0.25) is 0 Å². The van der Waals surface area contributed by atoms with Crippen LogP contribution in [0.5, 0.6) is 17.2 Å². The first-order chi connectivity index (χ1) is 17.8. The lowest BCUT2D eigenvalue weighted by molar-refractivity contribution is 0.242. The van der Waals surface area contributed by atoms with Crippen molar-refractivity contribution in [2.45, 2.75) is 33.4 Å². The quantitative estimate of drug-likeness (QED) is 0.336. The van der Waals surface area contributed by atoms with Crippen LogP contribution in [0.3, 0.4) is 0 Å². The summed E-state index contributed by atoms with van der Waals surface area (Å²) in [5.74, 6) is 2.39. The maximum absolute atomic E-state index is 14.0. The van der Waals surface area contributed by atoms with E-state index in [1.54, 1.807) is 23.5 Å². The number of nitrogens with two attached hydrogens (primary N) is 1. The Hall–Kier alpha value is -4.46. The van der Waals surface area contributed by atoms with Gasteiger partial charge in [0.1, 0.15) is 34.0 Å². The first-order valence-corrected chi connectivity index (χ1v) is 12.1. The number of anilines is 1. The van der Waals surface area contributed by atoms with Crippen LogP contribution in [0.25, 0.3) is 27.5 Å². The van der Waals surface area contributed by atoms with Gasteiger partial charge in [-0.25, -0.2) is 4.68 Å². The Balaban J connectivity index is 1.79. The van der Waals surface area contributed by atoms with Crippen LogP contribution in [0, 0.1) is 6.92 Å². The summed E-state index contributed by atoms with van der Waals surface area (Å²) < 4.78 is 20.0. The lowest BCUT2D eigenvalue weighted by Crippen LogP contribution is -2.22. The molecular weight excluding hydrogens is 468 g/mol. The normalized spacial score (nSPS) is 11.4. The summed E-state index contributed by atoms with van der Waals surface area (Å²) in [7, 11) is 3.24. The molecule has 0 saturated heterocycles. The lowest BCUT2D eigenvalue weighted by atomic mass is 10.1. The van der Waals surface area contributed by atoms with Crippen LogP contribution in [-0.2, 0) is 6.54 Å². The third kappa shape index (κ3) is 4.35. The number of nitrogens with zero attached hydrogens (tertiary/aromatic N) is 3. The predicted molar refractivity (Wildman–Crippen MR) is 146 cm³/mol. The number of rotatable bonds is 7. The largest absolute Gasteiger partial charge is 0.497 e. The molecule has 3 aromatic carbocycles. The van der Waals surface area contributed by atoms with Crippen molar-refractivity contribution in [3.8, 4) is 22.9 Å². The van der Waals surface area contributed by atoms with Crippen molar-refractivity contribution >= 4 is 27.6 Å². The van der Waals surface area contributed by atoms with Crippen molar-refractivity contribution in [3.05, 3.63) is 82.1 Å². The van der Waals surface area contributed by atoms with Crippen LogP contribution in [-0.4, -0.2) is 34.7 Å². The Bertz CT molecular complexity index is 1670. The number of fused-ring (bicyclic) bond motifs is 3. The molecule has 8 heteroatoms. The van der Waals surface area contributed by atoms with Gasteiger partial charge in [0.2, 0.25) is 0 Å². The van der Waals surface area contributed by atoms with E-state index in [0.717, 1.165) is 33.5 Å². The van der Waals surface area contributed by atoms with Gasteiger partial charge in [-0.1, -0.05) is 18.2 Å². The zero-order valence-corrected chi connectivity index (χ0v) is 21.6. The van der Waals surface area contributed by atoms with E-state index < -0.39 is 0 Å². The number of hydrogen-bond donors (Lipinski definition) is 1. The molecule has 0 fully saturated rings. The molecule has 0 bridgehead atoms. The number of benzene rings is 3. The molecule has 0 spiro atoms. The molecule has 37 heavy (non-hydrogen) atoms. The van der Waals surface area contributed by atoms with Crippen molar-refractivity contribution in [3.63, 3.8) is 0 Å². The molecule has 5 rings (SSSR count). The number of ether oxygens (including phenoxy) is 3. The van der Waals surface area contributed by atoms with Crippen molar-refractivity contribution < 1.29 is 14.2 Å². The van der Waals surface area contributed by atoms with Gasteiger partial charge in [0.25, 0.3) is 5.56 Å². The molecule has 0 unspecified atom stereocenters. The fourth-order valence-corrected chi connectivity index (χ4v) is 4.55. The van der Waals surface area contributed by atoms with E-state index in [2.05, 4.69) is 0 Å². The van der Waals surface area contributed by atoms with E-state index in [-0.39, 0.29) is 17.5 Å². The topological polar surface area (TPSA) is 93.5 Å². The second-order valence-electron chi connectivity index (χ2n) is 9.26. The zero-order valence-electron chi connectivity index (χ0n) is 21.6. The first kappa shape index (κ1) is 24.2. The smallest absolute Gasteiger partial charge is 0.264 e. The Kier molecular flexibility index (Phi) is 6.25. The van der Waals surface area contributed by atoms with Gasteiger partial charge < -0.3 is 24.5 Å². The second-order valence-corrected chi connectivity index (χ2v) is 9.26. The van der Waals surface area contributed by atoms with Gasteiger partial charge in [-0.2, -0.15) is 5.10 Å². The molecule has 0 aliphatic rings. The molecule has 0 aliphatic carbocycles. The molecule has 0 atom stereocenters. The highest BCUT2D eigenvalue weighted by Gasteiger charge is 2.21. The van der Waals surface area contributed by atoms with Crippen molar-refractivity contribution in [2.75, 3.05) is 20.0 Å². The Labute approximate surface area is 214 Å². The Morgan fingerprint density at radius 1 is 0.919 bits per heavy atom. The molecule has 2 heterocycles. The summed E-state index contributed by atoms with van der Waals surface area (Å²) in [6.45, 7) is 6.26. The fraction of sp³-hybridized carbons (Fsp3) is 0.241. The third-order valence-corrected chi connectivity index (χ3v) is 6.41. The SMILES string of the molecule is COc1ccc(Cn2c(=O)c3c(N)n(-c4cc(OC)ccc4C)nc3c3ccc(OC(C)C)cc32)cc1. The minimum Gasteiger partial charge on any atom is -0.497 e. The molecule has 0 radical (unpaired) electrons. The molecule has 190 valence electrons. The van der Waals surface area contributed by atoms with E-state index in [1.165, 1.54) is 0 Å². The number of pyridine rings is 1. The van der Waals surface area contributed by atoms with Gasteiger partial charge in [-0.3, -0.25) is 4.79 Å². The minimum absolute atomic E-state index is 0.00571. The van der Waals surface area contributed by atoms with E-state index >= 15 is 0 Å². The molecule has 5 aromatic rings. The molecule has 0 amide bonds. The first-order valence-electron chi connectivity index (χ1n) is 12.1. The number of aryl methyl sites for hydroxylation is 1. The molecular formula is C29H30N4O4. The van der Waals surface area contributed by atoms with Crippen LogP contribution < -0.4 is 25.5 Å². The third-order valence-electron chi connectivity index (χ3n) is 6.41. The van der Waals surface area contributed by atoms with Gasteiger partial charge in [0.05, 0.1) is 38.1 Å². The second kappa shape index (κ2) is 9.54. The van der Waals surface area contributed by atoms with Gasteiger partial charge in [-0.05, 0) is 62.2 Å². The standard InChI is InChI=1S/C29H30N4O4/c1-17(2)37-22-12-13-23-25(15-22)32(16-19-7-10-20(35-4)11-8-19)29(34)26-27(23)31-33(28(26)30)24-14-21(36-5)9-6-18(24)3/h6-15,17H,16,30H2,1-5H3. The highest BCUT2D eigenvalue weighted by Crippen LogP contribution is 2.32. The molecule has 2 aromatic heterocycles. The van der Waals surface area contributed by atoms with Crippen LogP contribution in [0.15, 0.2) is 65.5 Å². The van der Waals surface area contributed by atoms with E-state index in [1.807, 2.05) is 81.4 Å². The highest BCUT2D eigenvalue weighted by molar-refractivity contribution is 6.07. The minimum atomic E-state index is -0.218. The van der Waals surface area contributed by atoms with Crippen molar-refractivity contribution in [2.24, 2.45) is 0 Å². The van der Waals surface area contributed by atoms with Crippen LogP contribution in [0.1, 0.15) is 25.0 Å². The molecule has 8 nitrogen and oxygen atoms in total. The molecule has 0 aliphatic heterocycles. The molecule has 0 saturated carbocycles. The summed E-state index contributed by atoms with van der Waals surface area (Å²) in [6, 6.07) is 19.1. The van der Waals surface area contributed by atoms with Gasteiger partial charge in [0.15, 0.2) is 0 Å². The van der Waals surface area contributed by atoms with Crippen LogP contribution >= 0.6 is 0 Å². The summed E-state index contributed by atoms with van der Waals surface area (Å²) in [5, 5.41) is 6.02. The number of methoxy groups -OCH3 is 2. The zero-order chi connectivity index (χ0) is 26.3. The maximum atomic E-state index is 14.0. The van der Waals surface area contributed by atoms with E-state index in [4.69, 9.17) is 25.0 Å². The van der Waals surface area contributed by atoms with Crippen LogP contribution in [0.4, 0.5) is 5.82 Å². The van der Waals surface area contributed by atoms with E-state index in [0.29, 0.717) is 28.9 Å². The predicted octanol–water partition coefficient (Wildman–Crippen LogP) is 5.08. The summed E-state index contributed by atoms with van der Waals surface area (Å²) in [4.78, 5) is 14.0. The van der Waals surface area contributed by atoms with Crippen molar-refractivity contribution in [1.82, 2.24) is 14.3 Å². The summed E-state index contributed by atoms with van der Waals surface area (Å²) in [6.07, 6.45) is -0.00571. The maximum Gasteiger partial charge on any atom is 0.264 e. The average Bonchev–Trinajstić information content (AvgIpc) is 3.24. The summed E-state index contributed by atoms with van der Waals surface area (Å²) in [5.41, 5.74) is 10.3. The lowest BCUT2D eigenvalue weighted by Gasteiger charge is -2.15. The highest BCUT2D eigenvalue weighted by atomic mass is 16.5. The van der Waals surface area contributed by atoms with Gasteiger partial charge in [-0.15, -0.1) is 0 Å². The molecule has 2 N–H and O–H groups in total. The van der Waals surface area contributed by atoms with E-state index in [9.17, 15) is 4.79 Å². The van der Waals surface area contributed by atoms with Crippen molar-refractivity contribution in [1.29, 1.82) is 0 Å². The number of nitrogen functional groups attached to an aromatic ring is 1. The fourth-order valence-electron chi connectivity index (χ4n) is 4.55. The monoisotopic (exact) mass is 498 g/mol. The van der Waals surface area contributed by atoms with Gasteiger partial charge in [0, 0.05) is 17.5 Å². The summed E-state index contributed by atoms with van der Waals surface area (Å²) >= 11 is 0. The Morgan fingerprint density at radius 3 is 2.27 bits per heavy atom. The number of aromatic nitrogens is 3. The average molecular weight is 499 g/mol. The van der Waals surface area contributed by atoms with Gasteiger partial charge >= 0.3 is 0 Å².